The summed E-state index contributed by atoms with van der Waals surface area (Å²) < 4.78 is 27.3. The van der Waals surface area contributed by atoms with Crippen LogP contribution in [0.5, 0.6) is 11.6 Å². The molecule has 0 unspecified atom stereocenters. The fourth-order valence-electron chi connectivity index (χ4n) is 3.79. The highest BCUT2D eigenvalue weighted by Gasteiger charge is 2.23. The van der Waals surface area contributed by atoms with E-state index in [1.165, 1.54) is 12.1 Å². The molecule has 1 aromatic heterocycles. The van der Waals surface area contributed by atoms with E-state index in [9.17, 15) is 9.50 Å². The average Bonchev–Trinajstić information content (AvgIpc) is 3.09. The fraction of sp³-hybridized carbons (Fsp3) is 0.370. The Morgan fingerprint density at radius 3 is 2.59 bits per heavy atom. The molecule has 6 nitrogen and oxygen atoms in total. The molecule has 0 fully saturated rings. The smallest absolute Gasteiger partial charge is 0.227 e. The van der Waals surface area contributed by atoms with Gasteiger partial charge in [-0.1, -0.05) is 44.2 Å². The number of aliphatic hydroxyl groups is 1. The number of rotatable bonds is 13. The molecule has 0 saturated heterocycles. The average molecular weight is 468 g/mol. The van der Waals surface area contributed by atoms with Gasteiger partial charge in [0, 0.05) is 25.7 Å². The van der Waals surface area contributed by atoms with Crippen molar-refractivity contribution in [2.24, 2.45) is 5.92 Å². The van der Waals surface area contributed by atoms with Crippen LogP contribution >= 0.6 is 0 Å². The Morgan fingerprint density at radius 2 is 1.91 bits per heavy atom. The van der Waals surface area contributed by atoms with E-state index in [1.807, 2.05) is 37.3 Å². The fourth-order valence-corrected chi connectivity index (χ4v) is 3.79. The number of nitrogens with zero attached hydrogens (tertiary/aromatic N) is 3. The monoisotopic (exact) mass is 467 g/mol. The highest BCUT2D eigenvalue weighted by atomic mass is 19.1. The summed E-state index contributed by atoms with van der Waals surface area (Å²) in [6, 6.07) is 15.8. The molecule has 2 aromatic carbocycles. The number of aromatic nitrogens is 2. The van der Waals surface area contributed by atoms with Crippen LogP contribution in [0.2, 0.25) is 0 Å². The third-order valence-corrected chi connectivity index (χ3v) is 5.17. The van der Waals surface area contributed by atoms with Crippen molar-refractivity contribution in [3.63, 3.8) is 0 Å². The van der Waals surface area contributed by atoms with Crippen LogP contribution in [0.15, 0.2) is 67.3 Å². The van der Waals surface area contributed by atoms with Crippen molar-refractivity contribution in [2.45, 2.75) is 33.4 Å². The van der Waals surface area contributed by atoms with Gasteiger partial charge in [0.1, 0.15) is 11.6 Å². The molecule has 0 aliphatic rings. The summed E-state index contributed by atoms with van der Waals surface area (Å²) in [5, 5.41) is 15.3. The van der Waals surface area contributed by atoms with Crippen LogP contribution in [0.4, 0.5) is 4.39 Å². The zero-order valence-corrected chi connectivity index (χ0v) is 20.2. The van der Waals surface area contributed by atoms with Crippen LogP contribution in [-0.2, 0) is 11.3 Å². The van der Waals surface area contributed by atoms with E-state index in [-0.39, 0.29) is 12.4 Å². The van der Waals surface area contributed by atoms with Crippen molar-refractivity contribution < 1.29 is 19.0 Å². The van der Waals surface area contributed by atoms with Crippen molar-refractivity contribution in [3.8, 4) is 17.3 Å². The topological polar surface area (TPSA) is 59.8 Å². The number of para-hydroxylation sites is 1. The lowest BCUT2D eigenvalue weighted by molar-refractivity contribution is 0.0222. The Balaban J connectivity index is 1.94. The van der Waals surface area contributed by atoms with Gasteiger partial charge in [0.15, 0.2) is 0 Å². The molecule has 1 atom stereocenters. The Morgan fingerprint density at radius 1 is 1.15 bits per heavy atom. The van der Waals surface area contributed by atoms with Crippen LogP contribution in [0, 0.1) is 18.7 Å². The van der Waals surface area contributed by atoms with E-state index in [4.69, 9.17) is 14.6 Å². The second-order valence-electron chi connectivity index (χ2n) is 8.74. The number of benzene rings is 2. The second kappa shape index (κ2) is 12.5. The number of aryl methyl sites for hydroxylation is 1. The van der Waals surface area contributed by atoms with Gasteiger partial charge in [-0.15, -0.1) is 6.58 Å². The molecular formula is C27H34FN3O3. The SMILES string of the molecule is C=CCOC[C@H](O)CN(Cc1c(C)nn(-c2ccccc2)c1Oc1cccc(F)c1)CC(C)C. The summed E-state index contributed by atoms with van der Waals surface area (Å²) in [6.07, 6.45) is 1.02. The van der Waals surface area contributed by atoms with Gasteiger partial charge in [0.2, 0.25) is 5.88 Å². The largest absolute Gasteiger partial charge is 0.438 e. The van der Waals surface area contributed by atoms with E-state index < -0.39 is 6.10 Å². The van der Waals surface area contributed by atoms with Crippen molar-refractivity contribution in [1.82, 2.24) is 14.7 Å². The molecule has 3 aromatic rings. The number of hydrogen-bond donors (Lipinski definition) is 1. The summed E-state index contributed by atoms with van der Waals surface area (Å²) in [6.45, 7) is 12.2. The first-order valence-electron chi connectivity index (χ1n) is 11.5. The molecular weight excluding hydrogens is 433 g/mol. The predicted octanol–water partition coefficient (Wildman–Crippen LogP) is 5.13. The summed E-state index contributed by atoms with van der Waals surface area (Å²) in [4.78, 5) is 2.17. The molecule has 0 aliphatic heterocycles. The molecule has 34 heavy (non-hydrogen) atoms. The maximum Gasteiger partial charge on any atom is 0.227 e. The Hall–Kier alpha value is -3.00. The maximum absolute atomic E-state index is 13.9. The number of ether oxygens (including phenoxy) is 2. The van der Waals surface area contributed by atoms with Gasteiger partial charge < -0.3 is 14.6 Å². The molecule has 0 saturated carbocycles. The van der Waals surface area contributed by atoms with Gasteiger partial charge in [-0.2, -0.15) is 5.10 Å². The van der Waals surface area contributed by atoms with Gasteiger partial charge >= 0.3 is 0 Å². The van der Waals surface area contributed by atoms with E-state index in [2.05, 4.69) is 25.3 Å². The quantitative estimate of drug-likeness (QED) is 0.279. The zero-order chi connectivity index (χ0) is 24.5. The van der Waals surface area contributed by atoms with E-state index in [0.717, 1.165) is 23.5 Å². The highest BCUT2D eigenvalue weighted by Crippen LogP contribution is 2.32. The highest BCUT2D eigenvalue weighted by molar-refractivity contribution is 5.43. The molecule has 0 bridgehead atoms. The number of halogens is 1. The van der Waals surface area contributed by atoms with E-state index in [0.29, 0.717) is 37.2 Å². The molecule has 1 heterocycles. The van der Waals surface area contributed by atoms with Gasteiger partial charge in [-0.3, -0.25) is 4.90 Å². The van der Waals surface area contributed by atoms with Crippen molar-refractivity contribution in [2.75, 3.05) is 26.3 Å². The first-order valence-corrected chi connectivity index (χ1v) is 11.5. The predicted molar refractivity (Wildman–Crippen MR) is 132 cm³/mol. The van der Waals surface area contributed by atoms with Crippen LogP contribution in [-0.4, -0.2) is 52.2 Å². The van der Waals surface area contributed by atoms with Crippen molar-refractivity contribution in [1.29, 1.82) is 0 Å². The zero-order valence-electron chi connectivity index (χ0n) is 20.2. The molecule has 182 valence electrons. The summed E-state index contributed by atoms with van der Waals surface area (Å²) in [5.74, 6) is 0.941. The minimum Gasteiger partial charge on any atom is -0.438 e. The molecule has 0 radical (unpaired) electrons. The second-order valence-corrected chi connectivity index (χ2v) is 8.74. The van der Waals surface area contributed by atoms with E-state index >= 15 is 0 Å². The van der Waals surface area contributed by atoms with Gasteiger partial charge in [-0.05, 0) is 37.1 Å². The Bertz CT molecular complexity index is 1050. The third kappa shape index (κ3) is 7.25. The lowest BCUT2D eigenvalue weighted by Gasteiger charge is -2.27. The Kier molecular flexibility index (Phi) is 9.39. The number of aliphatic hydroxyl groups excluding tert-OH is 1. The van der Waals surface area contributed by atoms with Crippen LogP contribution < -0.4 is 4.74 Å². The van der Waals surface area contributed by atoms with Crippen LogP contribution in [0.25, 0.3) is 5.69 Å². The molecule has 1 N–H and O–H groups in total. The van der Waals surface area contributed by atoms with Gasteiger partial charge in [0.05, 0.1) is 36.3 Å². The minimum atomic E-state index is -0.643. The lowest BCUT2D eigenvalue weighted by atomic mass is 10.1. The Labute approximate surface area is 201 Å². The molecule has 0 amide bonds. The summed E-state index contributed by atoms with van der Waals surface area (Å²) in [5.41, 5.74) is 2.53. The minimum absolute atomic E-state index is 0.232. The van der Waals surface area contributed by atoms with Gasteiger partial charge in [-0.25, -0.2) is 9.07 Å². The maximum atomic E-state index is 13.9. The van der Waals surface area contributed by atoms with Gasteiger partial charge in [0.25, 0.3) is 0 Å². The summed E-state index contributed by atoms with van der Waals surface area (Å²) in [7, 11) is 0. The standard InChI is InChI=1S/C27H34FN3O3/c1-5-14-33-19-24(32)17-30(16-20(2)3)18-26-21(4)29-31(23-11-7-6-8-12-23)27(26)34-25-13-9-10-22(28)15-25/h5-13,15,20,24,32H,1,14,16-19H2,2-4H3/t24-/m1/s1. The first kappa shape index (κ1) is 25.6. The normalized spacial score (nSPS) is 12.3. The summed E-state index contributed by atoms with van der Waals surface area (Å²) >= 11 is 0. The third-order valence-electron chi connectivity index (χ3n) is 5.17. The van der Waals surface area contributed by atoms with Crippen LogP contribution in [0.1, 0.15) is 25.1 Å². The van der Waals surface area contributed by atoms with E-state index in [1.54, 1.807) is 22.9 Å². The van der Waals surface area contributed by atoms with Crippen LogP contribution in [0.3, 0.4) is 0 Å². The molecule has 0 aliphatic carbocycles. The first-order chi connectivity index (χ1) is 16.4. The molecule has 3 rings (SSSR count). The number of hydrogen-bond acceptors (Lipinski definition) is 5. The lowest BCUT2D eigenvalue weighted by Crippen LogP contribution is -2.37. The molecule has 0 spiro atoms. The molecule has 7 heteroatoms. The van der Waals surface area contributed by atoms with Crippen molar-refractivity contribution >= 4 is 0 Å². The van der Waals surface area contributed by atoms with Crippen molar-refractivity contribution in [3.05, 3.63) is 84.3 Å².